The van der Waals surface area contributed by atoms with Crippen molar-refractivity contribution in [1.82, 2.24) is 4.90 Å². The molecule has 1 aliphatic heterocycles. The molecule has 1 unspecified atom stereocenters. The van der Waals surface area contributed by atoms with Crippen molar-refractivity contribution >= 4 is 11.0 Å². The molecule has 1 aliphatic rings. The van der Waals surface area contributed by atoms with Crippen LogP contribution in [0.4, 0.5) is 0 Å². The highest BCUT2D eigenvalue weighted by molar-refractivity contribution is 5.82. The summed E-state index contributed by atoms with van der Waals surface area (Å²) < 4.78 is 11.5. The van der Waals surface area contributed by atoms with E-state index in [1.807, 2.05) is 37.3 Å². The number of aliphatic hydroxyl groups is 1. The molecule has 0 amide bonds. The first kappa shape index (κ1) is 20.6. The standard InChI is InChI=1S/C25H29NO4/c1-17-18(2)25(28)30-24-12-22(8-9-23(17)24)29-16-21-7-4-10-26(14-21)13-19-5-3-6-20(11-19)15-27/h3,5-6,8-9,11-12,21,27H,4,7,10,13-16H2,1-2H3. The number of likely N-dealkylation sites (tertiary alicyclic amines) is 1. The molecule has 30 heavy (non-hydrogen) atoms. The predicted octanol–water partition coefficient (Wildman–Crippen LogP) is 4.19. The third-order valence-corrected chi connectivity index (χ3v) is 6.10. The van der Waals surface area contributed by atoms with Crippen molar-refractivity contribution in [3.63, 3.8) is 0 Å². The van der Waals surface area contributed by atoms with Crippen molar-refractivity contribution < 1.29 is 14.3 Å². The second-order valence-electron chi connectivity index (χ2n) is 8.33. The fourth-order valence-electron chi connectivity index (χ4n) is 4.25. The number of benzene rings is 2. The van der Waals surface area contributed by atoms with Crippen LogP contribution in [0.3, 0.4) is 0 Å². The summed E-state index contributed by atoms with van der Waals surface area (Å²) in [6.07, 6.45) is 2.30. The van der Waals surface area contributed by atoms with Crippen LogP contribution in [0.5, 0.6) is 5.75 Å². The van der Waals surface area contributed by atoms with E-state index in [0.29, 0.717) is 23.7 Å². The third-order valence-electron chi connectivity index (χ3n) is 6.10. The van der Waals surface area contributed by atoms with Gasteiger partial charge < -0.3 is 14.3 Å². The number of hydrogen-bond donors (Lipinski definition) is 1. The Morgan fingerprint density at radius 3 is 2.80 bits per heavy atom. The second kappa shape index (κ2) is 9.02. The molecule has 1 atom stereocenters. The van der Waals surface area contributed by atoms with Crippen LogP contribution in [0.1, 0.15) is 35.1 Å². The van der Waals surface area contributed by atoms with Crippen LogP contribution in [-0.4, -0.2) is 29.7 Å². The number of fused-ring (bicyclic) bond motifs is 1. The van der Waals surface area contributed by atoms with Crippen LogP contribution in [0.2, 0.25) is 0 Å². The zero-order valence-electron chi connectivity index (χ0n) is 17.7. The van der Waals surface area contributed by atoms with E-state index in [2.05, 4.69) is 17.0 Å². The van der Waals surface area contributed by atoms with Gasteiger partial charge in [-0.1, -0.05) is 24.3 Å². The number of ether oxygens (including phenoxy) is 1. The summed E-state index contributed by atoms with van der Waals surface area (Å²) in [5.41, 5.74) is 4.10. The van der Waals surface area contributed by atoms with E-state index in [9.17, 15) is 9.90 Å². The molecule has 0 aliphatic carbocycles. The molecular weight excluding hydrogens is 378 g/mol. The minimum atomic E-state index is -0.287. The lowest BCUT2D eigenvalue weighted by Crippen LogP contribution is -2.37. The van der Waals surface area contributed by atoms with Crippen LogP contribution in [-0.2, 0) is 13.2 Å². The maximum Gasteiger partial charge on any atom is 0.339 e. The lowest BCUT2D eigenvalue weighted by Gasteiger charge is -2.32. The van der Waals surface area contributed by atoms with Gasteiger partial charge in [-0.3, -0.25) is 4.90 Å². The molecule has 5 heteroatoms. The molecule has 1 aromatic heterocycles. The van der Waals surface area contributed by atoms with Crippen LogP contribution < -0.4 is 10.4 Å². The SMILES string of the molecule is Cc1c(C)c2ccc(OCC3CCCN(Cc4cccc(CO)c4)C3)cc2oc1=O. The lowest BCUT2D eigenvalue weighted by atomic mass is 9.98. The topological polar surface area (TPSA) is 62.9 Å². The minimum absolute atomic E-state index is 0.0786. The van der Waals surface area contributed by atoms with Gasteiger partial charge in [-0.25, -0.2) is 4.79 Å². The summed E-state index contributed by atoms with van der Waals surface area (Å²) in [6.45, 7) is 7.43. The van der Waals surface area contributed by atoms with Crippen molar-refractivity contribution in [3.05, 3.63) is 75.1 Å². The Labute approximate surface area is 176 Å². The number of piperidine rings is 1. The summed E-state index contributed by atoms with van der Waals surface area (Å²) in [6, 6.07) is 13.9. The Bertz CT molecular complexity index is 1090. The molecule has 158 valence electrons. The number of hydrogen-bond acceptors (Lipinski definition) is 5. The maximum atomic E-state index is 12.0. The Morgan fingerprint density at radius 2 is 1.97 bits per heavy atom. The molecule has 0 bridgehead atoms. The predicted molar refractivity (Wildman–Crippen MR) is 118 cm³/mol. The average molecular weight is 408 g/mol. The van der Waals surface area contributed by atoms with Gasteiger partial charge in [0.05, 0.1) is 13.2 Å². The third kappa shape index (κ3) is 4.58. The Kier molecular flexibility index (Phi) is 6.21. The zero-order chi connectivity index (χ0) is 21.1. The molecular formula is C25H29NO4. The molecule has 1 saturated heterocycles. The van der Waals surface area contributed by atoms with Crippen LogP contribution in [0.15, 0.2) is 51.7 Å². The normalized spacial score (nSPS) is 17.4. The number of nitrogens with zero attached hydrogens (tertiary/aromatic N) is 1. The number of aryl methyl sites for hydroxylation is 1. The van der Waals surface area contributed by atoms with Crippen molar-refractivity contribution in [3.8, 4) is 5.75 Å². The van der Waals surface area contributed by atoms with Crippen LogP contribution in [0, 0.1) is 19.8 Å². The molecule has 0 radical (unpaired) electrons. The Hall–Kier alpha value is -2.63. The molecule has 2 heterocycles. The summed E-state index contributed by atoms with van der Waals surface area (Å²) in [5.74, 6) is 1.20. The second-order valence-corrected chi connectivity index (χ2v) is 8.33. The molecule has 0 saturated carbocycles. The largest absolute Gasteiger partial charge is 0.493 e. The average Bonchev–Trinajstić information content (AvgIpc) is 2.76. The summed E-state index contributed by atoms with van der Waals surface area (Å²) in [5, 5.41) is 10.3. The van der Waals surface area contributed by atoms with E-state index in [0.717, 1.165) is 54.7 Å². The van der Waals surface area contributed by atoms with Crippen molar-refractivity contribution in [2.45, 2.75) is 39.8 Å². The van der Waals surface area contributed by atoms with E-state index in [4.69, 9.17) is 9.15 Å². The molecule has 5 nitrogen and oxygen atoms in total. The Balaban J connectivity index is 1.38. The van der Waals surface area contributed by atoms with E-state index in [-0.39, 0.29) is 12.2 Å². The minimum Gasteiger partial charge on any atom is -0.493 e. The van der Waals surface area contributed by atoms with E-state index in [1.165, 1.54) is 5.56 Å². The zero-order valence-corrected chi connectivity index (χ0v) is 17.7. The van der Waals surface area contributed by atoms with E-state index < -0.39 is 0 Å². The molecule has 1 N–H and O–H groups in total. The number of aliphatic hydroxyl groups excluding tert-OH is 1. The summed E-state index contributed by atoms with van der Waals surface area (Å²) in [7, 11) is 0. The van der Waals surface area contributed by atoms with E-state index >= 15 is 0 Å². The van der Waals surface area contributed by atoms with Gasteiger partial charge in [-0.2, -0.15) is 0 Å². The first-order chi connectivity index (χ1) is 14.5. The highest BCUT2D eigenvalue weighted by atomic mass is 16.5. The highest BCUT2D eigenvalue weighted by Gasteiger charge is 2.21. The van der Waals surface area contributed by atoms with Crippen molar-refractivity contribution in [1.29, 1.82) is 0 Å². The highest BCUT2D eigenvalue weighted by Crippen LogP contribution is 2.25. The Morgan fingerprint density at radius 1 is 1.13 bits per heavy atom. The summed E-state index contributed by atoms with van der Waals surface area (Å²) >= 11 is 0. The van der Waals surface area contributed by atoms with Crippen molar-refractivity contribution in [2.75, 3.05) is 19.7 Å². The molecule has 4 rings (SSSR count). The first-order valence-corrected chi connectivity index (χ1v) is 10.6. The monoisotopic (exact) mass is 407 g/mol. The molecule has 0 spiro atoms. The summed E-state index contributed by atoms with van der Waals surface area (Å²) in [4.78, 5) is 14.4. The van der Waals surface area contributed by atoms with Gasteiger partial charge in [-0.05, 0) is 62.1 Å². The van der Waals surface area contributed by atoms with Gasteiger partial charge >= 0.3 is 5.63 Å². The van der Waals surface area contributed by atoms with Gasteiger partial charge in [0.1, 0.15) is 11.3 Å². The quantitative estimate of drug-likeness (QED) is 0.621. The molecule has 2 aromatic carbocycles. The van der Waals surface area contributed by atoms with Crippen LogP contribution >= 0.6 is 0 Å². The number of rotatable bonds is 6. The van der Waals surface area contributed by atoms with E-state index in [1.54, 1.807) is 6.92 Å². The fraction of sp³-hybridized carbons (Fsp3) is 0.400. The van der Waals surface area contributed by atoms with Crippen LogP contribution in [0.25, 0.3) is 11.0 Å². The maximum absolute atomic E-state index is 12.0. The van der Waals surface area contributed by atoms with Gasteiger partial charge in [0.2, 0.25) is 0 Å². The first-order valence-electron chi connectivity index (χ1n) is 10.6. The fourth-order valence-corrected chi connectivity index (χ4v) is 4.25. The van der Waals surface area contributed by atoms with Crippen molar-refractivity contribution in [2.24, 2.45) is 5.92 Å². The van der Waals surface area contributed by atoms with Gasteiger partial charge in [0, 0.05) is 36.0 Å². The van der Waals surface area contributed by atoms with Gasteiger partial charge in [0.25, 0.3) is 0 Å². The smallest absolute Gasteiger partial charge is 0.339 e. The lowest BCUT2D eigenvalue weighted by molar-refractivity contribution is 0.125. The molecule has 3 aromatic rings. The van der Waals surface area contributed by atoms with Gasteiger partial charge in [-0.15, -0.1) is 0 Å². The van der Waals surface area contributed by atoms with Gasteiger partial charge in [0.15, 0.2) is 0 Å². The molecule has 1 fully saturated rings.